The van der Waals surface area contributed by atoms with Crippen molar-refractivity contribution in [3.63, 3.8) is 0 Å². The second-order valence-electron chi connectivity index (χ2n) is 7.81. The van der Waals surface area contributed by atoms with Crippen molar-refractivity contribution in [2.75, 3.05) is 6.54 Å². The van der Waals surface area contributed by atoms with Crippen molar-refractivity contribution in [3.8, 4) is 0 Å². The van der Waals surface area contributed by atoms with Crippen molar-refractivity contribution in [2.45, 2.75) is 70.1 Å². The van der Waals surface area contributed by atoms with Gasteiger partial charge in [-0.1, -0.05) is 12.1 Å². The standard InChI is InChI=1S/C20H29N5O/c1-14-22-18-6-2-3-7-19(18)25(14)13-17-5-4-12-24(17)20(26)23-16-10-8-15(21)9-11-16/h2-3,6-7,15-17H,4-5,8-13,21H2,1H3,(H,23,26). The SMILES string of the molecule is Cc1nc2ccccc2n1CC1CCCN1C(=O)NC1CCC(N)CC1. The van der Waals surface area contributed by atoms with Gasteiger partial charge in [-0.3, -0.25) is 0 Å². The summed E-state index contributed by atoms with van der Waals surface area (Å²) in [6, 6.07) is 9.13. The number of carbonyl (C=O) groups excluding carboxylic acids is 1. The van der Waals surface area contributed by atoms with Crippen molar-refractivity contribution in [1.29, 1.82) is 0 Å². The van der Waals surface area contributed by atoms with Crippen LogP contribution in [0.1, 0.15) is 44.3 Å². The minimum atomic E-state index is 0.0926. The minimum absolute atomic E-state index is 0.0926. The molecule has 0 bridgehead atoms. The molecule has 0 radical (unpaired) electrons. The molecule has 2 fully saturated rings. The highest BCUT2D eigenvalue weighted by Gasteiger charge is 2.31. The number of fused-ring (bicyclic) bond motifs is 1. The van der Waals surface area contributed by atoms with Crippen LogP contribution in [0.2, 0.25) is 0 Å². The topological polar surface area (TPSA) is 76.2 Å². The third kappa shape index (κ3) is 3.43. The predicted octanol–water partition coefficient (Wildman–Crippen LogP) is 2.79. The highest BCUT2D eigenvalue weighted by molar-refractivity contribution is 5.76. The van der Waals surface area contributed by atoms with Crippen LogP contribution in [0.3, 0.4) is 0 Å². The zero-order valence-electron chi connectivity index (χ0n) is 15.5. The van der Waals surface area contributed by atoms with E-state index in [9.17, 15) is 4.79 Å². The van der Waals surface area contributed by atoms with E-state index >= 15 is 0 Å². The fourth-order valence-corrected chi connectivity index (χ4v) is 4.45. The van der Waals surface area contributed by atoms with Crippen LogP contribution in [0.25, 0.3) is 11.0 Å². The fraction of sp³-hybridized carbons (Fsp3) is 0.600. The molecule has 26 heavy (non-hydrogen) atoms. The first-order chi connectivity index (χ1) is 12.6. The molecule has 1 aliphatic heterocycles. The van der Waals surface area contributed by atoms with Gasteiger partial charge in [-0.2, -0.15) is 0 Å². The Balaban J connectivity index is 1.44. The first-order valence-electron chi connectivity index (χ1n) is 9.86. The number of hydrogen-bond donors (Lipinski definition) is 2. The second kappa shape index (κ2) is 7.27. The van der Waals surface area contributed by atoms with Gasteiger partial charge in [0, 0.05) is 25.2 Å². The van der Waals surface area contributed by atoms with Crippen LogP contribution >= 0.6 is 0 Å². The lowest BCUT2D eigenvalue weighted by molar-refractivity contribution is 0.179. The van der Waals surface area contributed by atoms with Crippen LogP contribution in [-0.4, -0.2) is 45.2 Å². The van der Waals surface area contributed by atoms with Crippen LogP contribution in [0.4, 0.5) is 4.79 Å². The van der Waals surface area contributed by atoms with Crippen molar-refractivity contribution >= 4 is 17.1 Å². The summed E-state index contributed by atoms with van der Waals surface area (Å²) in [5, 5.41) is 3.25. The normalized spacial score (nSPS) is 26.4. The van der Waals surface area contributed by atoms with Crippen molar-refractivity contribution in [3.05, 3.63) is 30.1 Å². The van der Waals surface area contributed by atoms with Crippen molar-refractivity contribution in [1.82, 2.24) is 19.8 Å². The Morgan fingerprint density at radius 1 is 1.23 bits per heavy atom. The van der Waals surface area contributed by atoms with Gasteiger partial charge in [0.05, 0.1) is 17.1 Å². The maximum Gasteiger partial charge on any atom is 0.317 e. The molecule has 3 N–H and O–H groups in total. The third-order valence-electron chi connectivity index (χ3n) is 5.98. The highest BCUT2D eigenvalue weighted by Crippen LogP contribution is 2.24. The summed E-state index contributed by atoms with van der Waals surface area (Å²) < 4.78 is 2.26. The summed E-state index contributed by atoms with van der Waals surface area (Å²) in [6.45, 7) is 3.70. The van der Waals surface area contributed by atoms with Gasteiger partial charge in [-0.05, 0) is 57.6 Å². The molecule has 2 heterocycles. The van der Waals surface area contributed by atoms with Gasteiger partial charge in [0.15, 0.2) is 0 Å². The average molecular weight is 355 g/mol. The number of para-hydroxylation sites is 2. The van der Waals surface area contributed by atoms with Crippen molar-refractivity contribution < 1.29 is 4.79 Å². The third-order valence-corrected chi connectivity index (χ3v) is 5.98. The van der Waals surface area contributed by atoms with Crippen LogP contribution in [0.5, 0.6) is 0 Å². The first-order valence-corrected chi connectivity index (χ1v) is 9.86. The molecule has 1 atom stereocenters. The molecule has 140 valence electrons. The molecule has 1 aliphatic carbocycles. The Labute approximate surface area is 154 Å². The number of nitrogens with two attached hydrogens (primary N) is 1. The number of aryl methyl sites for hydroxylation is 1. The summed E-state index contributed by atoms with van der Waals surface area (Å²) in [6.07, 6.45) is 6.13. The highest BCUT2D eigenvalue weighted by atomic mass is 16.2. The van der Waals surface area contributed by atoms with Gasteiger partial charge in [0.2, 0.25) is 0 Å². The fourth-order valence-electron chi connectivity index (χ4n) is 4.45. The van der Waals surface area contributed by atoms with Crippen LogP contribution < -0.4 is 11.1 Å². The molecular formula is C20H29N5O. The Morgan fingerprint density at radius 2 is 2.00 bits per heavy atom. The molecule has 0 spiro atoms. The largest absolute Gasteiger partial charge is 0.335 e. The molecule has 1 unspecified atom stereocenters. The Hall–Kier alpha value is -2.08. The number of hydrogen-bond acceptors (Lipinski definition) is 3. The molecular weight excluding hydrogens is 326 g/mol. The van der Waals surface area contributed by atoms with Crippen LogP contribution in [0.15, 0.2) is 24.3 Å². The van der Waals surface area contributed by atoms with Crippen LogP contribution in [-0.2, 0) is 6.54 Å². The van der Waals surface area contributed by atoms with E-state index < -0.39 is 0 Å². The summed E-state index contributed by atoms with van der Waals surface area (Å²) in [5.41, 5.74) is 8.15. The van der Waals surface area contributed by atoms with Gasteiger partial charge in [-0.15, -0.1) is 0 Å². The van der Waals surface area contributed by atoms with Gasteiger partial charge in [0.25, 0.3) is 0 Å². The van der Waals surface area contributed by atoms with Gasteiger partial charge in [0.1, 0.15) is 5.82 Å². The number of amides is 2. The molecule has 4 rings (SSSR count). The predicted molar refractivity (Wildman–Crippen MR) is 103 cm³/mol. The Bertz CT molecular complexity index is 778. The molecule has 6 nitrogen and oxygen atoms in total. The number of nitrogens with one attached hydrogen (secondary N) is 1. The van der Waals surface area contributed by atoms with E-state index in [4.69, 9.17) is 5.73 Å². The van der Waals surface area contributed by atoms with Gasteiger partial charge in [-0.25, -0.2) is 9.78 Å². The Morgan fingerprint density at radius 3 is 2.81 bits per heavy atom. The molecule has 2 aliphatic rings. The van der Waals surface area contributed by atoms with E-state index in [1.165, 1.54) is 0 Å². The smallest absolute Gasteiger partial charge is 0.317 e. The zero-order valence-corrected chi connectivity index (χ0v) is 15.5. The summed E-state index contributed by atoms with van der Waals surface area (Å²) in [4.78, 5) is 19.5. The lowest BCUT2D eigenvalue weighted by atomic mass is 9.92. The number of carbonyl (C=O) groups is 1. The monoisotopic (exact) mass is 355 g/mol. The lowest BCUT2D eigenvalue weighted by Crippen LogP contribution is -2.49. The number of urea groups is 1. The number of nitrogens with zero attached hydrogens (tertiary/aromatic N) is 3. The molecule has 2 amide bonds. The van der Waals surface area contributed by atoms with Gasteiger partial charge < -0.3 is 20.5 Å². The number of imidazole rings is 1. The average Bonchev–Trinajstić information content (AvgIpc) is 3.22. The summed E-state index contributed by atoms with van der Waals surface area (Å²) >= 11 is 0. The van der Waals surface area contributed by atoms with E-state index in [-0.39, 0.29) is 18.1 Å². The first kappa shape index (κ1) is 17.3. The summed E-state index contributed by atoms with van der Waals surface area (Å²) in [7, 11) is 0. The molecule has 1 saturated heterocycles. The van der Waals surface area contributed by atoms with E-state index in [0.29, 0.717) is 6.04 Å². The van der Waals surface area contributed by atoms with Crippen molar-refractivity contribution in [2.24, 2.45) is 5.73 Å². The molecule has 1 aromatic heterocycles. The second-order valence-corrected chi connectivity index (χ2v) is 7.81. The lowest BCUT2D eigenvalue weighted by Gasteiger charge is -2.31. The number of likely N-dealkylation sites (tertiary alicyclic amines) is 1. The molecule has 1 saturated carbocycles. The number of benzene rings is 1. The van der Waals surface area contributed by atoms with E-state index in [2.05, 4.69) is 20.9 Å². The molecule has 2 aromatic rings. The van der Waals surface area contributed by atoms with E-state index in [0.717, 1.165) is 68.5 Å². The zero-order chi connectivity index (χ0) is 18.1. The van der Waals surface area contributed by atoms with Gasteiger partial charge >= 0.3 is 6.03 Å². The minimum Gasteiger partial charge on any atom is -0.335 e. The Kier molecular flexibility index (Phi) is 4.85. The number of aromatic nitrogens is 2. The molecule has 1 aromatic carbocycles. The number of rotatable bonds is 3. The quantitative estimate of drug-likeness (QED) is 0.889. The van der Waals surface area contributed by atoms with Crippen LogP contribution in [0, 0.1) is 6.92 Å². The van der Waals surface area contributed by atoms with E-state index in [1.807, 2.05) is 30.0 Å². The summed E-state index contributed by atoms with van der Waals surface area (Å²) in [5.74, 6) is 1.01. The van der Waals surface area contributed by atoms with E-state index in [1.54, 1.807) is 0 Å². The molecule has 6 heteroatoms. The maximum absolute atomic E-state index is 12.8. The maximum atomic E-state index is 12.8.